The summed E-state index contributed by atoms with van der Waals surface area (Å²) < 4.78 is 1.81. The van der Waals surface area contributed by atoms with Crippen LogP contribution in [0.3, 0.4) is 0 Å². The second-order valence-electron chi connectivity index (χ2n) is 4.79. The van der Waals surface area contributed by atoms with Crippen LogP contribution >= 0.6 is 11.8 Å². The lowest BCUT2D eigenvalue weighted by Crippen LogP contribution is -2.22. The number of rotatable bonds is 4. The molecule has 0 unspecified atom stereocenters. The summed E-state index contributed by atoms with van der Waals surface area (Å²) >= 11 is 1.28. The van der Waals surface area contributed by atoms with Crippen molar-refractivity contribution < 1.29 is 4.79 Å². The Balaban J connectivity index is 1.83. The van der Waals surface area contributed by atoms with E-state index in [-0.39, 0.29) is 22.4 Å². The number of H-pyrrole nitrogens is 2. The van der Waals surface area contributed by atoms with Crippen molar-refractivity contribution in [2.75, 3.05) is 11.1 Å². The van der Waals surface area contributed by atoms with Crippen molar-refractivity contribution in [3.63, 3.8) is 0 Å². The van der Waals surface area contributed by atoms with Crippen molar-refractivity contribution in [3.8, 4) is 0 Å². The quantitative estimate of drug-likeness (QED) is 0.609. The maximum Gasteiger partial charge on any atom is 0.272 e. The molecule has 1 aromatic carbocycles. The number of imidazole rings is 1. The molecule has 0 radical (unpaired) electrons. The maximum atomic E-state index is 12.1. The topological polar surface area (TPSA) is 113 Å². The first-order valence-corrected chi connectivity index (χ1v) is 7.68. The van der Waals surface area contributed by atoms with E-state index in [1.54, 1.807) is 29.1 Å². The van der Waals surface area contributed by atoms with E-state index in [1.165, 1.54) is 17.8 Å². The number of hydrogen-bond donors (Lipinski definition) is 3. The van der Waals surface area contributed by atoms with Crippen molar-refractivity contribution in [2.24, 2.45) is 7.05 Å². The normalized spacial score (nSPS) is 10.8. The van der Waals surface area contributed by atoms with Crippen LogP contribution in [0.15, 0.2) is 45.3 Å². The number of aryl methyl sites for hydroxylation is 1. The summed E-state index contributed by atoms with van der Waals surface area (Å²) in [7, 11) is 1.84. The molecule has 3 N–H and O–H groups in total. The zero-order valence-corrected chi connectivity index (χ0v) is 12.9. The maximum absolute atomic E-state index is 12.1. The molecule has 2 aromatic heterocycles. The Labute approximate surface area is 133 Å². The van der Waals surface area contributed by atoms with Gasteiger partial charge in [0.05, 0.1) is 22.2 Å². The monoisotopic (exact) mass is 331 g/mol. The van der Waals surface area contributed by atoms with Crippen LogP contribution in [0, 0.1) is 0 Å². The molecule has 8 nitrogen and oxygen atoms in total. The molecule has 3 rings (SSSR count). The molecule has 0 fully saturated rings. The van der Waals surface area contributed by atoms with E-state index in [1.807, 2.05) is 7.05 Å². The number of aromatic nitrogens is 4. The van der Waals surface area contributed by atoms with Crippen molar-refractivity contribution in [3.05, 3.63) is 51.3 Å². The smallest absolute Gasteiger partial charge is 0.272 e. The Morgan fingerprint density at radius 2 is 2.09 bits per heavy atom. The molecule has 9 heteroatoms. The number of fused-ring (bicyclic) bond motifs is 1. The Kier molecular flexibility index (Phi) is 4.02. The molecule has 0 saturated heterocycles. The highest BCUT2D eigenvalue weighted by Gasteiger charge is 2.12. The van der Waals surface area contributed by atoms with E-state index in [0.29, 0.717) is 10.8 Å². The van der Waals surface area contributed by atoms with Crippen LogP contribution in [0.5, 0.6) is 0 Å². The molecular formula is C14H13N5O3S. The number of anilines is 1. The van der Waals surface area contributed by atoms with Crippen LogP contribution < -0.4 is 16.4 Å². The summed E-state index contributed by atoms with van der Waals surface area (Å²) in [5, 5.41) is 8.27. The molecule has 3 aromatic rings. The zero-order chi connectivity index (χ0) is 16.4. The van der Waals surface area contributed by atoms with Gasteiger partial charge in [0, 0.05) is 19.4 Å². The van der Waals surface area contributed by atoms with Crippen molar-refractivity contribution in [1.29, 1.82) is 0 Å². The summed E-state index contributed by atoms with van der Waals surface area (Å²) in [6.07, 6.45) is 3.44. The molecule has 0 aliphatic rings. The molecule has 23 heavy (non-hydrogen) atoms. The van der Waals surface area contributed by atoms with E-state index in [9.17, 15) is 14.4 Å². The first kappa shape index (κ1) is 15.1. The highest BCUT2D eigenvalue weighted by atomic mass is 32.2. The standard InChI is InChI=1S/C14H13N5O3S/c1-19-6-5-15-14(19)23-7-10(20)16-9-4-2-3-8-11(9)13(22)18-17-12(8)21/h2-6H,7H2,1H3,(H,16,20)(H,17,21)(H,18,22). The van der Waals surface area contributed by atoms with E-state index in [2.05, 4.69) is 20.5 Å². The van der Waals surface area contributed by atoms with Gasteiger partial charge in [-0.15, -0.1) is 0 Å². The molecule has 1 amide bonds. The number of hydrogen-bond acceptors (Lipinski definition) is 5. The van der Waals surface area contributed by atoms with Gasteiger partial charge in [0.15, 0.2) is 5.16 Å². The third-order valence-corrected chi connectivity index (χ3v) is 4.27. The first-order valence-electron chi connectivity index (χ1n) is 6.70. The van der Waals surface area contributed by atoms with Crippen LogP contribution in [0.1, 0.15) is 0 Å². The first-order chi connectivity index (χ1) is 11.1. The molecular weight excluding hydrogens is 318 g/mol. The number of amides is 1. The average Bonchev–Trinajstić information content (AvgIpc) is 2.94. The van der Waals surface area contributed by atoms with E-state index in [0.717, 1.165) is 0 Å². The molecule has 2 heterocycles. The number of thioether (sulfide) groups is 1. The second kappa shape index (κ2) is 6.13. The van der Waals surface area contributed by atoms with E-state index < -0.39 is 11.1 Å². The third-order valence-electron chi connectivity index (χ3n) is 3.21. The van der Waals surface area contributed by atoms with Crippen LogP contribution in [0.2, 0.25) is 0 Å². The lowest BCUT2D eigenvalue weighted by atomic mass is 10.1. The van der Waals surface area contributed by atoms with Gasteiger partial charge in [-0.05, 0) is 12.1 Å². The molecule has 0 spiro atoms. The number of benzene rings is 1. The minimum atomic E-state index is -0.466. The van der Waals surface area contributed by atoms with Crippen molar-refractivity contribution in [2.45, 2.75) is 5.16 Å². The number of nitrogens with zero attached hydrogens (tertiary/aromatic N) is 2. The average molecular weight is 331 g/mol. The molecule has 0 saturated carbocycles. The van der Waals surface area contributed by atoms with Crippen LogP contribution in [-0.4, -0.2) is 31.4 Å². The molecule has 0 atom stereocenters. The predicted molar refractivity (Wildman–Crippen MR) is 87.8 cm³/mol. The molecule has 0 aliphatic carbocycles. The lowest BCUT2D eigenvalue weighted by Gasteiger charge is -2.07. The highest BCUT2D eigenvalue weighted by molar-refractivity contribution is 7.99. The lowest BCUT2D eigenvalue weighted by molar-refractivity contribution is -0.113. The number of carbonyl (C=O) groups excluding carboxylic acids is 1. The Hall–Kier alpha value is -2.81. The van der Waals surface area contributed by atoms with Gasteiger partial charge >= 0.3 is 0 Å². The molecule has 118 valence electrons. The van der Waals surface area contributed by atoms with Gasteiger partial charge in [0.2, 0.25) is 5.91 Å². The zero-order valence-electron chi connectivity index (χ0n) is 12.1. The fourth-order valence-electron chi connectivity index (χ4n) is 2.14. The minimum absolute atomic E-state index is 0.141. The van der Waals surface area contributed by atoms with Gasteiger partial charge in [-0.2, -0.15) is 0 Å². The van der Waals surface area contributed by atoms with Gasteiger partial charge in [-0.25, -0.2) is 4.98 Å². The Morgan fingerprint density at radius 3 is 2.83 bits per heavy atom. The van der Waals surface area contributed by atoms with Gasteiger partial charge in [-0.3, -0.25) is 24.6 Å². The van der Waals surface area contributed by atoms with Crippen LogP contribution in [0.25, 0.3) is 10.8 Å². The number of nitrogens with one attached hydrogen (secondary N) is 3. The van der Waals surface area contributed by atoms with Crippen molar-refractivity contribution in [1.82, 2.24) is 19.7 Å². The highest BCUT2D eigenvalue weighted by Crippen LogP contribution is 2.18. The van der Waals surface area contributed by atoms with Gasteiger partial charge in [0.1, 0.15) is 0 Å². The van der Waals surface area contributed by atoms with Crippen molar-refractivity contribution >= 4 is 34.1 Å². The summed E-state index contributed by atoms with van der Waals surface area (Å²) in [5.74, 6) is -0.146. The second-order valence-corrected chi connectivity index (χ2v) is 5.74. The molecule has 0 bridgehead atoms. The summed E-state index contributed by atoms with van der Waals surface area (Å²) in [4.78, 5) is 39.9. The third kappa shape index (κ3) is 3.04. The summed E-state index contributed by atoms with van der Waals surface area (Å²) in [5.41, 5.74) is -0.578. The molecule has 0 aliphatic heterocycles. The predicted octanol–water partition coefficient (Wildman–Crippen LogP) is 0.681. The number of carbonyl (C=O) groups is 1. The van der Waals surface area contributed by atoms with Crippen LogP contribution in [0.4, 0.5) is 5.69 Å². The largest absolute Gasteiger partial charge is 0.329 e. The fourth-order valence-corrected chi connectivity index (χ4v) is 2.87. The Bertz CT molecular complexity index is 988. The SMILES string of the molecule is Cn1ccnc1SCC(=O)Nc1cccc2c(=O)[nH][nH]c(=O)c12. The summed E-state index contributed by atoms with van der Waals surface area (Å²) in [6.45, 7) is 0. The Morgan fingerprint density at radius 1 is 1.30 bits per heavy atom. The number of aromatic amines is 2. The van der Waals surface area contributed by atoms with Gasteiger partial charge < -0.3 is 9.88 Å². The minimum Gasteiger partial charge on any atom is -0.329 e. The van der Waals surface area contributed by atoms with E-state index in [4.69, 9.17) is 0 Å². The van der Waals surface area contributed by atoms with E-state index >= 15 is 0 Å². The van der Waals surface area contributed by atoms with Crippen LogP contribution in [-0.2, 0) is 11.8 Å². The van der Waals surface area contributed by atoms with Gasteiger partial charge in [-0.1, -0.05) is 17.8 Å². The fraction of sp³-hybridized carbons (Fsp3) is 0.143. The van der Waals surface area contributed by atoms with Gasteiger partial charge in [0.25, 0.3) is 11.1 Å². The summed E-state index contributed by atoms with van der Waals surface area (Å²) in [6, 6.07) is 4.72.